The Morgan fingerprint density at radius 1 is 1.24 bits per heavy atom. The van der Waals surface area contributed by atoms with Gasteiger partial charge in [-0.2, -0.15) is 0 Å². The Morgan fingerprint density at radius 2 is 2.05 bits per heavy atom. The number of nitrogens with two attached hydrogens (primary N) is 1. The van der Waals surface area contributed by atoms with Gasteiger partial charge < -0.3 is 5.73 Å². The third kappa shape index (κ3) is 2.81. The van der Waals surface area contributed by atoms with Crippen LogP contribution in [-0.2, 0) is 0 Å². The number of piperidine rings is 1. The topological polar surface area (TPSA) is 42.1 Å². The van der Waals surface area contributed by atoms with Crippen LogP contribution in [0.25, 0.3) is 10.8 Å². The highest BCUT2D eigenvalue weighted by Crippen LogP contribution is 2.32. The van der Waals surface area contributed by atoms with Crippen LogP contribution in [0.4, 0.5) is 0 Å². The van der Waals surface area contributed by atoms with Crippen LogP contribution in [0.1, 0.15) is 31.9 Å². The zero-order valence-electron chi connectivity index (χ0n) is 13.0. The van der Waals surface area contributed by atoms with Gasteiger partial charge in [0.05, 0.1) is 0 Å². The summed E-state index contributed by atoms with van der Waals surface area (Å²) in [5, 5.41) is 2.49. The molecule has 2 heterocycles. The van der Waals surface area contributed by atoms with Crippen molar-refractivity contribution in [2.24, 2.45) is 17.6 Å². The Balaban J connectivity index is 1.95. The average Bonchev–Trinajstić information content (AvgIpc) is 2.52. The van der Waals surface area contributed by atoms with Crippen LogP contribution in [0.2, 0.25) is 0 Å². The van der Waals surface area contributed by atoms with E-state index in [0.717, 1.165) is 24.9 Å². The highest BCUT2D eigenvalue weighted by Gasteiger charge is 2.28. The third-order valence-corrected chi connectivity index (χ3v) is 5.09. The van der Waals surface area contributed by atoms with Crippen LogP contribution in [-0.4, -0.2) is 29.5 Å². The smallest absolute Gasteiger partial charge is 0.0491 e. The number of fused-ring (bicyclic) bond motifs is 1. The van der Waals surface area contributed by atoms with Crippen LogP contribution in [0.15, 0.2) is 36.7 Å². The van der Waals surface area contributed by atoms with Crippen molar-refractivity contribution >= 4 is 10.8 Å². The van der Waals surface area contributed by atoms with Gasteiger partial charge in [-0.05, 0) is 35.8 Å². The molecule has 21 heavy (non-hydrogen) atoms. The Morgan fingerprint density at radius 3 is 2.81 bits per heavy atom. The molecule has 0 saturated carbocycles. The molecule has 1 aliphatic rings. The zero-order chi connectivity index (χ0) is 14.8. The molecule has 3 atom stereocenters. The van der Waals surface area contributed by atoms with Crippen LogP contribution in [0, 0.1) is 11.8 Å². The van der Waals surface area contributed by atoms with Gasteiger partial charge >= 0.3 is 0 Å². The van der Waals surface area contributed by atoms with E-state index in [1.807, 2.05) is 12.4 Å². The summed E-state index contributed by atoms with van der Waals surface area (Å²) < 4.78 is 0. The Kier molecular flexibility index (Phi) is 4.22. The second-order valence-corrected chi connectivity index (χ2v) is 6.44. The lowest BCUT2D eigenvalue weighted by molar-refractivity contribution is 0.0987. The maximum absolute atomic E-state index is 6.14. The summed E-state index contributed by atoms with van der Waals surface area (Å²) in [5.74, 6) is 1.54. The molecule has 1 aromatic carbocycles. The van der Waals surface area contributed by atoms with Gasteiger partial charge in [0.15, 0.2) is 0 Å². The van der Waals surface area contributed by atoms with Gasteiger partial charge in [-0.3, -0.25) is 9.88 Å². The first-order chi connectivity index (χ1) is 10.2. The molecule has 0 radical (unpaired) electrons. The lowest BCUT2D eigenvalue weighted by atomic mass is 9.87. The molecule has 2 N–H and O–H groups in total. The number of hydrogen-bond donors (Lipinski definition) is 1. The molecular formula is C18H25N3. The molecule has 0 spiro atoms. The van der Waals surface area contributed by atoms with Crippen molar-refractivity contribution in [2.45, 2.75) is 26.3 Å². The first-order valence-electron chi connectivity index (χ1n) is 7.97. The Labute approximate surface area is 127 Å². The molecular weight excluding hydrogens is 258 g/mol. The number of rotatable bonds is 3. The van der Waals surface area contributed by atoms with Crippen molar-refractivity contribution in [3.63, 3.8) is 0 Å². The predicted octanol–water partition coefficient (Wildman–Crippen LogP) is 3.21. The fourth-order valence-electron chi connectivity index (χ4n) is 3.46. The van der Waals surface area contributed by atoms with Crippen LogP contribution < -0.4 is 5.73 Å². The second kappa shape index (κ2) is 6.12. The molecule has 1 aromatic heterocycles. The van der Waals surface area contributed by atoms with Crippen LogP contribution >= 0.6 is 0 Å². The number of pyridine rings is 1. The first kappa shape index (κ1) is 14.5. The summed E-state index contributed by atoms with van der Waals surface area (Å²) in [4.78, 5) is 6.98. The van der Waals surface area contributed by atoms with E-state index in [1.165, 1.54) is 22.8 Å². The summed E-state index contributed by atoms with van der Waals surface area (Å²) in [7, 11) is 0. The Hall–Kier alpha value is -1.45. The summed E-state index contributed by atoms with van der Waals surface area (Å²) in [6.45, 7) is 7.63. The number of likely N-dealkylation sites (tertiary alicyclic amines) is 1. The molecule has 3 nitrogen and oxygen atoms in total. The molecule has 3 heteroatoms. The van der Waals surface area contributed by atoms with Gasteiger partial charge in [0.25, 0.3) is 0 Å². The van der Waals surface area contributed by atoms with Gasteiger partial charge in [0, 0.05) is 36.9 Å². The molecule has 1 aliphatic heterocycles. The maximum atomic E-state index is 6.14. The van der Waals surface area contributed by atoms with Crippen molar-refractivity contribution in [3.05, 3.63) is 42.2 Å². The minimum absolute atomic E-state index is 0.276. The van der Waals surface area contributed by atoms with Crippen molar-refractivity contribution in [1.82, 2.24) is 9.88 Å². The SMILES string of the molecule is CC1CCN(C(CN)c2cncc3ccccc23)CC1C. The molecule has 3 rings (SSSR count). The molecule has 3 unspecified atom stereocenters. The number of benzene rings is 1. The summed E-state index contributed by atoms with van der Waals surface area (Å²) in [6.07, 6.45) is 5.20. The van der Waals surface area contributed by atoms with Crippen LogP contribution in [0.3, 0.4) is 0 Å². The molecule has 112 valence electrons. The lowest BCUT2D eigenvalue weighted by Gasteiger charge is -2.40. The normalized spacial score (nSPS) is 25.1. The van der Waals surface area contributed by atoms with E-state index in [2.05, 4.69) is 48.0 Å². The minimum atomic E-state index is 0.276. The molecule has 1 saturated heterocycles. The first-order valence-corrected chi connectivity index (χ1v) is 7.97. The number of aromatic nitrogens is 1. The zero-order valence-corrected chi connectivity index (χ0v) is 13.0. The summed E-state index contributed by atoms with van der Waals surface area (Å²) in [6, 6.07) is 8.75. The largest absolute Gasteiger partial charge is 0.329 e. The van der Waals surface area contributed by atoms with E-state index in [1.54, 1.807) is 0 Å². The van der Waals surface area contributed by atoms with E-state index < -0.39 is 0 Å². The molecule has 0 amide bonds. The summed E-state index contributed by atoms with van der Waals surface area (Å²) in [5.41, 5.74) is 7.41. The number of hydrogen-bond acceptors (Lipinski definition) is 3. The van der Waals surface area contributed by atoms with Gasteiger partial charge in [-0.15, -0.1) is 0 Å². The van der Waals surface area contributed by atoms with E-state index in [0.29, 0.717) is 6.54 Å². The quantitative estimate of drug-likeness (QED) is 0.940. The van der Waals surface area contributed by atoms with Crippen LogP contribution in [0.5, 0.6) is 0 Å². The van der Waals surface area contributed by atoms with Crippen molar-refractivity contribution in [1.29, 1.82) is 0 Å². The predicted molar refractivity (Wildman–Crippen MR) is 88.1 cm³/mol. The standard InChI is InChI=1S/C18H25N3/c1-13-7-8-21(12-14(13)2)18(9-19)17-11-20-10-15-5-3-4-6-16(15)17/h3-6,10-11,13-14,18H,7-9,12,19H2,1-2H3. The van der Waals surface area contributed by atoms with E-state index in [9.17, 15) is 0 Å². The molecule has 0 aliphatic carbocycles. The maximum Gasteiger partial charge on any atom is 0.0491 e. The van der Waals surface area contributed by atoms with Gasteiger partial charge in [-0.1, -0.05) is 38.1 Å². The average molecular weight is 283 g/mol. The fourth-order valence-corrected chi connectivity index (χ4v) is 3.46. The van der Waals surface area contributed by atoms with Crippen molar-refractivity contribution in [3.8, 4) is 0 Å². The minimum Gasteiger partial charge on any atom is -0.329 e. The third-order valence-electron chi connectivity index (χ3n) is 5.09. The summed E-state index contributed by atoms with van der Waals surface area (Å²) >= 11 is 0. The second-order valence-electron chi connectivity index (χ2n) is 6.44. The lowest BCUT2D eigenvalue weighted by Crippen LogP contribution is -2.43. The van der Waals surface area contributed by atoms with E-state index in [4.69, 9.17) is 5.73 Å². The highest BCUT2D eigenvalue weighted by atomic mass is 15.2. The van der Waals surface area contributed by atoms with E-state index >= 15 is 0 Å². The van der Waals surface area contributed by atoms with Gasteiger partial charge in [0.2, 0.25) is 0 Å². The van der Waals surface area contributed by atoms with Gasteiger partial charge in [0.1, 0.15) is 0 Å². The highest BCUT2D eigenvalue weighted by molar-refractivity contribution is 5.85. The monoisotopic (exact) mass is 283 g/mol. The number of nitrogens with zero attached hydrogens (tertiary/aromatic N) is 2. The van der Waals surface area contributed by atoms with Crippen molar-refractivity contribution in [2.75, 3.05) is 19.6 Å². The Bertz CT molecular complexity index is 605. The van der Waals surface area contributed by atoms with Crippen molar-refractivity contribution < 1.29 is 0 Å². The molecule has 0 bridgehead atoms. The molecule has 1 fully saturated rings. The molecule has 2 aromatic rings. The van der Waals surface area contributed by atoms with E-state index in [-0.39, 0.29) is 6.04 Å². The van der Waals surface area contributed by atoms with Gasteiger partial charge in [-0.25, -0.2) is 0 Å². The fraction of sp³-hybridized carbons (Fsp3) is 0.500.